The molecule has 4 aromatic rings. The lowest BCUT2D eigenvalue weighted by molar-refractivity contribution is 0.0484. The summed E-state index contributed by atoms with van der Waals surface area (Å²) in [6.07, 6.45) is 5.13. The van der Waals surface area contributed by atoms with Crippen LogP contribution >= 0.6 is 0 Å². The number of nitrogens with zero attached hydrogens (tertiary/aromatic N) is 5. The van der Waals surface area contributed by atoms with Crippen molar-refractivity contribution in [1.29, 1.82) is 0 Å². The highest BCUT2D eigenvalue weighted by Crippen LogP contribution is 2.44. The highest BCUT2D eigenvalue weighted by atomic mass is 19.1. The second-order valence-electron chi connectivity index (χ2n) is 15.2. The van der Waals surface area contributed by atoms with Crippen molar-refractivity contribution in [1.82, 2.24) is 30.4 Å². The van der Waals surface area contributed by atoms with Gasteiger partial charge < -0.3 is 35.0 Å². The predicted octanol–water partition coefficient (Wildman–Crippen LogP) is 5.72. The summed E-state index contributed by atoms with van der Waals surface area (Å²) in [5.74, 6) is -0.601. The minimum atomic E-state index is -0.638. The third-order valence-electron chi connectivity index (χ3n) is 11.7. The normalized spacial score (nSPS) is 24.1. The lowest BCUT2D eigenvalue weighted by Gasteiger charge is -2.40. The second kappa shape index (κ2) is 13.5. The van der Waals surface area contributed by atoms with Crippen molar-refractivity contribution in [2.75, 3.05) is 58.4 Å². The van der Waals surface area contributed by atoms with Gasteiger partial charge >= 0.3 is 18.1 Å². The number of urea groups is 1. The van der Waals surface area contributed by atoms with Crippen molar-refractivity contribution in [3.05, 3.63) is 53.6 Å². The van der Waals surface area contributed by atoms with Gasteiger partial charge in [-0.2, -0.15) is 9.97 Å². The van der Waals surface area contributed by atoms with Crippen molar-refractivity contribution in [3.8, 4) is 22.9 Å². The summed E-state index contributed by atoms with van der Waals surface area (Å²) in [5.41, 5.74) is 0.213. The summed E-state index contributed by atoms with van der Waals surface area (Å²) in [4.78, 5) is 39.9. The van der Waals surface area contributed by atoms with E-state index in [1.807, 2.05) is 6.92 Å². The van der Waals surface area contributed by atoms with Crippen molar-refractivity contribution >= 4 is 39.6 Å². The lowest BCUT2D eigenvalue weighted by Crippen LogP contribution is -2.56. The van der Waals surface area contributed by atoms with E-state index in [0.29, 0.717) is 65.8 Å². The fourth-order valence-electron chi connectivity index (χ4n) is 9.12. The number of phenolic OH excluding ortho intramolecular Hbond substituents is 1. The molecule has 4 saturated heterocycles. The average molecular weight is 730 g/mol. The van der Waals surface area contributed by atoms with Gasteiger partial charge in [-0.3, -0.25) is 4.90 Å². The van der Waals surface area contributed by atoms with Crippen LogP contribution in [-0.4, -0.2) is 108 Å². The topological polar surface area (TPSA) is 132 Å². The standard InChI is InChI=1S/C39H45F2N7O5/c1-4-26-30(40)10-7-23-17-25(49)18-29(31(23)26)27-8-9-28-33(32(27)41)43-36(44-34(28)47-15-5-12-38(21-47)20-42-35(50)45-38)53-22-39-13-6-16-48(39)24(11-14-39)19-52-37(51)46(2)3/h7-10,17-18,24,49H,4-6,11-16,19-22H2,1-3H3,(H2,42,45,50)/t24-,38?,39+/m0/s1. The number of hydrogen-bond donors (Lipinski definition) is 3. The summed E-state index contributed by atoms with van der Waals surface area (Å²) in [7, 11) is 3.32. The van der Waals surface area contributed by atoms with Crippen LogP contribution in [0.1, 0.15) is 51.0 Å². The van der Waals surface area contributed by atoms with E-state index in [1.54, 1.807) is 38.4 Å². The van der Waals surface area contributed by atoms with Crippen molar-refractivity contribution in [3.63, 3.8) is 0 Å². The van der Waals surface area contributed by atoms with Crippen molar-refractivity contribution < 1.29 is 33.0 Å². The van der Waals surface area contributed by atoms with Crippen LogP contribution in [0, 0.1) is 11.6 Å². The van der Waals surface area contributed by atoms with Crippen LogP contribution in [0.4, 0.5) is 24.2 Å². The molecule has 1 spiro atoms. The van der Waals surface area contributed by atoms with Gasteiger partial charge in [0.1, 0.15) is 36.1 Å². The molecule has 53 heavy (non-hydrogen) atoms. The Morgan fingerprint density at radius 3 is 2.68 bits per heavy atom. The van der Waals surface area contributed by atoms with E-state index < -0.39 is 17.2 Å². The molecule has 4 aliphatic heterocycles. The molecule has 12 nitrogen and oxygen atoms in total. The molecule has 0 radical (unpaired) electrons. The first-order chi connectivity index (χ1) is 25.5. The molecule has 4 fully saturated rings. The number of fused-ring (bicyclic) bond motifs is 3. The van der Waals surface area contributed by atoms with Gasteiger partial charge in [0.15, 0.2) is 5.82 Å². The van der Waals surface area contributed by atoms with Crippen LogP contribution in [0.5, 0.6) is 11.8 Å². The number of ether oxygens (including phenoxy) is 2. The summed E-state index contributed by atoms with van der Waals surface area (Å²) in [5, 5.41) is 18.3. The quantitative estimate of drug-likeness (QED) is 0.208. The number of benzene rings is 3. The molecule has 3 amide bonds. The molecule has 3 aromatic carbocycles. The van der Waals surface area contributed by atoms with Gasteiger partial charge in [-0.25, -0.2) is 18.4 Å². The van der Waals surface area contributed by atoms with Crippen LogP contribution in [0.25, 0.3) is 32.8 Å². The number of hydrogen-bond acceptors (Lipinski definition) is 9. The number of aryl methyl sites for hydroxylation is 1. The maximum absolute atomic E-state index is 17.2. The van der Waals surface area contributed by atoms with Gasteiger partial charge in [-0.1, -0.05) is 19.1 Å². The zero-order chi connectivity index (χ0) is 37.1. The average Bonchev–Trinajstić information content (AvgIpc) is 3.82. The van der Waals surface area contributed by atoms with Crippen molar-refractivity contribution in [2.45, 2.75) is 69.0 Å². The third-order valence-corrected chi connectivity index (χ3v) is 11.7. The Bertz CT molecular complexity index is 2120. The van der Waals surface area contributed by atoms with Crippen LogP contribution in [0.3, 0.4) is 0 Å². The Labute approximate surface area is 306 Å². The second-order valence-corrected chi connectivity index (χ2v) is 15.2. The molecular weight excluding hydrogens is 684 g/mol. The van der Waals surface area contributed by atoms with E-state index in [4.69, 9.17) is 19.4 Å². The predicted molar refractivity (Wildman–Crippen MR) is 196 cm³/mol. The fourth-order valence-corrected chi connectivity index (χ4v) is 9.12. The molecule has 280 valence electrons. The largest absolute Gasteiger partial charge is 0.508 e. The maximum atomic E-state index is 17.2. The SMILES string of the molecule is CCc1c(F)ccc2cc(O)cc(-c3ccc4c(N5CCCC6(CNC(=O)N6)C5)nc(OC[C@]56CCCN5[C@H](COC(=O)N(C)C)CC6)nc4c3F)c12. The molecule has 4 aliphatic rings. The van der Waals surface area contributed by atoms with E-state index in [1.165, 1.54) is 17.0 Å². The zero-order valence-electron chi connectivity index (χ0n) is 30.3. The fraction of sp³-hybridized carbons (Fsp3) is 0.487. The number of phenols is 1. The molecular formula is C39H45F2N7O5. The number of halogens is 2. The van der Waals surface area contributed by atoms with Gasteiger partial charge in [-0.15, -0.1) is 0 Å². The highest BCUT2D eigenvalue weighted by molar-refractivity contribution is 6.03. The summed E-state index contributed by atoms with van der Waals surface area (Å²) in [6.45, 7) is 4.82. The Kier molecular flexibility index (Phi) is 8.91. The smallest absolute Gasteiger partial charge is 0.409 e. The van der Waals surface area contributed by atoms with Crippen LogP contribution < -0.4 is 20.3 Å². The zero-order valence-corrected chi connectivity index (χ0v) is 30.3. The van der Waals surface area contributed by atoms with E-state index in [0.717, 1.165) is 45.1 Å². The molecule has 3 N–H and O–H groups in total. The number of amides is 3. The Morgan fingerprint density at radius 2 is 1.91 bits per heavy atom. The number of aromatic hydroxyl groups is 1. The summed E-state index contributed by atoms with van der Waals surface area (Å²) >= 11 is 0. The molecule has 14 heteroatoms. The van der Waals surface area contributed by atoms with Gasteiger partial charge in [0, 0.05) is 50.7 Å². The monoisotopic (exact) mass is 729 g/mol. The Morgan fingerprint density at radius 1 is 1.08 bits per heavy atom. The van der Waals surface area contributed by atoms with E-state index in [2.05, 4.69) is 20.4 Å². The van der Waals surface area contributed by atoms with Gasteiger partial charge in [0.25, 0.3) is 0 Å². The van der Waals surface area contributed by atoms with Gasteiger partial charge in [0.2, 0.25) is 0 Å². The number of nitrogens with one attached hydrogen (secondary N) is 2. The summed E-state index contributed by atoms with van der Waals surface area (Å²) < 4.78 is 44.3. The molecule has 0 aliphatic carbocycles. The Hall–Kier alpha value is -4.98. The minimum Gasteiger partial charge on any atom is -0.508 e. The number of rotatable bonds is 8. The van der Waals surface area contributed by atoms with E-state index in [9.17, 15) is 14.7 Å². The molecule has 1 unspecified atom stereocenters. The van der Waals surface area contributed by atoms with Crippen LogP contribution in [-0.2, 0) is 11.2 Å². The molecule has 0 bridgehead atoms. The molecule has 8 rings (SSSR count). The molecule has 3 atom stereocenters. The molecule has 5 heterocycles. The summed E-state index contributed by atoms with van der Waals surface area (Å²) in [6, 6.07) is 9.26. The third kappa shape index (κ3) is 6.20. The Balaban J connectivity index is 1.19. The molecule has 1 aromatic heterocycles. The first kappa shape index (κ1) is 35.1. The van der Waals surface area contributed by atoms with Crippen LogP contribution in [0.15, 0.2) is 36.4 Å². The number of carbonyl (C=O) groups is 2. The van der Waals surface area contributed by atoms with Gasteiger partial charge in [0.05, 0.1) is 11.1 Å². The number of aromatic nitrogens is 2. The van der Waals surface area contributed by atoms with Crippen molar-refractivity contribution in [2.24, 2.45) is 0 Å². The van der Waals surface area contributed by atoms with Gasteiger partial charge in [-0.05, 0) is 97.7 Å². The first-order valence-electron chi connectivity index (χ1n) is 18.5. The number of carbonyl (C=O) groups excluding carboxylic acids is 2. The van der Waals surface area contributed by atoms with Crippen LogP contribution in [0.2, 0.25) is 0 Å². The lowest BCUT2D eigenvalue weighted by atomic mass is 9.89. The molecule has 0 saturated carbocycles. The van der Waals surface area contributed by atoms with E-state index in [-0.39, 0.29) is 53.2 Å². The highest BCUT2D eigenvalue weighted by Gasteiger charge is 2.50. The number of anilines is 1. The van der Waals surface area contributed by atoms with E-state index >= 15 is 8.78 Å². The maximum Gasteiger partial charge on any atom is 0.409 e. The number of piperidine rings is 1. The first-order valence-corrected chi connectivity index (χ1v) is 18.5. The minimum absolute atomic E-state index is 0.0292.